The lowest BCUT2D eigenvalue weighted by Gasteiger charge is -2.47. The zero-order valence-electron chi connectivity index (χ0n) is 10.1. The molecule has 0 bridgehead atoms. The lowest BCUT2D eigenvalue weighted by Crippen LogP contribution is -2.67. The Morgan fingerprint density at radius 1 is 1.07 bits per heavy atom. The van der Waals surface area contributed by atoms with Crippen LogP contribution < -0.4 is 0 Å². The third-order valence-electron chi connectivity index (χ3n) is 2.98. The Morgan fingerprint density at radius 3 is 2.00 bits per heavy atom. The predicted octanol–water partition coefficient (Wildman–Crippen LogP) is 2.15. The molecule has 1 heterocycles. The minimum Gasteiger partial charge on any atom is -0.386 e. The highest BCUT2D eigenvalue weighted by atomic mass is 28.4. The second-order valence-electron chi connectivity index (χ2n) is 4.90. The molecule has 1 saturated heterocycles. The second-order valence-corrected chi connectivity index (χ2v) is 13.5. The van der Waals surface area contributed by atoms with Gasteiger partial charge >= 0.3 is 8.72 Å². The van der Waals surface area contributed by atoms with E-state index >= 15 is 0 Å². The van der Waals surface area contributed by atoms with E-state index in [4.69, 9.17) is 8.85 Å². The molecule has 84 valence electrons. The van der Waals surface area contributed by atoms with Crippen molar-refractivity contribution in [3.63, 3.8) is 0 Å². The molecular weight excluding hydrogens is 210 g/mol. The molecule has 0 radical (unpaired) electrons. The van der Waals surface area contributed by atoms with Crippen molar-refractivity contribution < 1.29 is 8.85 Å². The molecular formula is C9H23NO2Si2. The number of hydrogen-bond acceptors (Lipinski definition) is 3. The summed E-state index contributed by atoms with van der Waals surface area (Å²) in [6, 6.07) is 1.13. The Balaban J connectivity index is 2.87. The maximum atomic E-state index is 5.74. The summed E-state index contributed by atoms with van der Waals surface area (Å²) in [4.78, 5) is 0. The quantitative estimate of drug-likeness (QED) is 0.697. The Kier molecular flexibility index (Phi) is 3.93. The van der Waals surface area contributed by atoms with Crippen LogP contribution in [0.3, 0.4) is 0 Å². The SMILES string of the molecule is CO[Si]1(OC)CCCCN1[Si](C)(C)C. The maximum absolute atomic E-state index is 5.74. The standard InChI is InChI=1S/C9H23NO2Si2/c1-11-14(12-2)9-7-6-8-10(14)13(3,4)5/h6-9H2,1-5H3. The molecule has 0 aliphatic carbocycles. The van der Waals surface area contributed by atoms with Crippen molar-refractivity contribution in [2.24, 2.45) is 0 Å². The summed E-state index contributed by atoms with van der Waals surface area (Å²) in [5.74, 6) is 0. The number of hydrogen-bond donors (Lipinski definition) is 0. The molecule has 0 amide bonds. The largest absolute Gasteiger partial charge is 0.420 e. The zero-order chi connectivity index (χ0) is 10.8. The summed E-state index contributed by atoms with van der Waals surface area (Å²) in [6.45, 7) is 8.29. The van der Waals surface area contributed by atoms with Gasteiger partial charge in [-0.2, -0.15) is 0 Å². The Labute approximate surface area is 89.8 Å². The minimum absolute atomic E-state index is 1.13. The monoisotopic (exact) mass is 233 g/mol. The van der Waals surface area contributed by atoms with E-state index in [1.807, 2.05) is 14.2 Å². The van der Waals surface area contributed by atoms with Gasteiger partial charge in [-0.05, 0) is 19.4 Å². The van der Waals surface area contributed by atoms with Gasteiger partial charge in [-0.1, -0.05) is 19.6 Å². The van der Waals surface area contributed by atoms with Crippen molar-refractivity contribution in [2.45, 2.75) is 38.5 Å². The fourth-order valence-electron chi connectivity index (χ4n) is 2.28. The van der Waals surface area contributed by atoms with Crippen molar-refractivity contribution in [3.05, 3.63) is 0 Å². The first-order valence-corrected chi connectivity index (χ1v) is 10.8. The first kappa shape index (κ1) is 12.4. The van der Waals surface area contributed by atoms with Crippen LogP contribution in [-0.2, 0) is 8.85 Å². The molecule has 14 heavy (non-hydrogen) atoms. The van der Waals surface area contributed by atoms with Gasteiger partial charge in [-0.15, -0.1) is 0 Å². The molecule has 1 aliphatic rings. The molecule has 0 saturated carbocycles. The summed E-state index contributed by atoms with van der Waals surface area (Å²) >= 11 is 0. The van der Waals surface area contributed by atoms with Gasteiger partial charge in [0, 0.05) is 20.3 Å². The van der Waals surface area contributed by atoms with Crippen LogP contribution in [0.1, 0.15) is 12.8 Å². The molecule has 1 rings (SSSR count). The average molecular weight is 233 g/mol. The topological polar surface area (TPSA) is 21.7 Å². The maximum Gasteiger partial charge on any atom is 0.420 e. The zero-order valence-corrected chi connectivity index (χ0v) is 12.1. The van der Waals surface area contributed by atoms with Gasteiger partial charge in [0.1, 0.15) is 8.24 Å². The van der Waals surface area contributed by atoms with Gasteiger partial charge in [0.05, 0.1) is 0 Å². The first-order chi connectivity index (χ1) is 6.46. The van der Waals surface area contributed by atoms with Crippen LogP contribution in [0.4, 0.5) is 0 Å². The van der Waals surface area contributed by atoms with Crippen molar-refractivity contribution in [1.82, 2.24) is 4.23 Å². The smallest absolute Gasteiger partial charge is 0.386 e. The van der Waals surface area contributed by atoms with Crippen LogP contribution in [-0.4, -0.2) is 42.0 Å². The van der Waals surface area contributed by atoms with E-state index < -0.39 is 17.0 Å². The number of rotatable bonds is 3. The molecule has 0 spiro atoms. The van der Waals surface area contributed by atoms with Gasteiger partial charge < -0.3 is 13.1 Å². The minimum atomic E-state index is -2.00. The molecule has 0 aromatic carbocycles. The van der Waals surface area contributed by atoms with Crippen molar-refractivity contribution >= 4 is 17.0 Å². The summed E-state index contributed by atoms with van der Waals surface area (Å²) in [5, 5.41) is 0. The predicted molar refractivity (Wildman–Crippen MR) is 63.9 cm³/mol. The molecule has 0 aromatic rings. The highest BCUT2D eigenvalue weighted by Gasteiger charge is 2.49. The van der Waals surface area contributed by atoms with Crippen LogP contribution >= 0.6 is 0 Å². The van der Waals surface area contributed by atoms with Gasteiger partial charge in [-0.3, -0.25) is 0 Å². The Morgan fingerprint density at radius 2 is 1.64 bits per heavy atom. The molecule has 0 N–H and O–H groups in total. The lowest BCUT2D eigenvalue weighted by atomic mass is 10.3. The fourth-order valence-corrected chi connectivity index (χ4v) is 10.6. The molecule has 0 aromatic heterocycles. The fraction of sp³-hybridized carbons (Fsp3) is 1.00. The number of nitrogens with zero attached hydrogens (tertiary/aromatic N) is 1. The molecule has 0 atom stereocenters. The Hall–Kier alpha value is 0.314. The van der Waals surface area contributed by atoms with E-state index in [-0.39, 0.29) is 0 Å². The van der Waals surface area contributed by atoms with Crippen LogP contribution in [0.5, 0.6) is 0 Å². The molecule has 3 nitrogen and oxygen atoms in total. The van der Waals surface area contributed by atoms with Crippen molar-refractivity contribution in [3.8, 4) is 0 Å². The highest BCUT2D eigenvalue weighted by molar-refractivity contribution is 6.86. The summed E-state index contributed by atoms with van der Waals surface area (Å²) in [7, 11) is 0.338. The van der Waals surface area contributed by atoms with E-state index in [0.717, 1.165) is 6.04 Å². The van der Waals surface area contributed by atoms with E-state index in [1.165, 1.54) is 19.4 Å². The van der Waals surface area contributed by atoms with Gasteiger partial charge in [0.25, 0.3) is 0 Å². The first-order valence-electron chi connectivity index (χ1n) is 5.34. The van der Waals surface area contributed by atoms with Crippen LogP contribution in [0, 0.1) is 0 Å². The third kappa shape index (κ3) is 2.28. The van der Waals surface area contributed by atoms with E-state index in [9.17, 15) is 0 Å². The molecule has 0 unspecified atom stereocenters. The lowest BCUT2D eigenvalue weighted by molar-refractivity contribution is 0.181. The van der Waals surface area contributed by atoms with E-state index in [2.05, 4.69) is 23.9 Å². The van der Waals surface area contributed by atoms with E-state index in [0.29, 0.717) is 0 Å². The van der Waals surface area contributed by atoms with Crippen molar-refractivity contribution in [2.75, 3.05) is 20.8 Å². The molecule has 1 aliphatic heterocycles. The molecule has 5 heteroatoms. The Bertz CT molecular complexity index is 190. The summed E-state index contributed by atoms with van der Waals surface area (Å²) in [5.41, 5.74) is 0. The van der Waals surface area contributed by atoms with Gasteiger partial charge in [0.15, 0.2) is 0 Å². The second kappa shape index (κ2) is 4.44. The molecule has 1 fully saturated rings. The highest BCUT2D eigenvalue weighted by Crippen LogP contribution is 2.30. The van der Waals surface area contributed by atoms with E-state index in [1.54, 1.807) is 0 Å². The van der Waals surface area contributed by atoms with Crippen LogP contribution in [0.15, 0.2) is 0 Å². The average Bonchev–Trinajstić information content (AvgIpc) is 2.16. The van der Waals surface area contributed by atoms with Gasteiger partial charge in [-0.25, -0.2) is 0 Å². The summed E-state index contributed by atoms with van der Waals surface area (Å²) < 4.78 is 14.1. The van der Waals surface area contributed by atoms with Crippen LogP contribution in [0.25, 0.3) is 0 Å². The van der Waals surface area contributed by atoms with Gasteiger partial charge in [0.2, 0.25) is 0 Å². The normalized spacial score (nSPS) is 23.8. The van der Waals surface area contributed by atoms with Crippen molar-refractivity contribution in [1.29, 1.82) is 0 Å². The summed E-state index contributed by atoms with van der Waals surface area (Å²) in [6.07, 6.45) is 2.56. The van der Waals surface area contributed by atoms with Crippen LogP contribution in [0.2, 0.25) is 25.7 Å². The third-order valence-corrected chi connectivity index (χ3v) is 11.2.